The topological polar surface area (TPSA) is 81.2 Å². The molecule has 1 aromatic rings. The summed E-state index contributed by atoms with van der Waals surface area (Å²) in [6.45, 7) is 0. The quantitative estimate of drug-likeness (QED) is 0.558. The van der Waals surface area contributed by atoms with Gasteiger partial charge in [0.2, 0.25) is 0 Å². The predicted octanol–water partition coefficient (Wildman–Crippen LogP) is -0.384. The first-order chi connectivity index (χ1) is 4.74. The molecule has 1 amide bonds. The first-order valence-electron chi connectivity index (χ1n) is 2.67. The minimum atomic E-state index is -0.305. The molecule has 10 heavy (non-hydrogen) atoms. The number of nitrogen functional groups attached to an aromatic ring is 1. The van der Waals surface area contributed by atoms with Crippen molar-refractivity contribution in [1.29, 1.82) is 0 Å². The Bertz CT molecular complexity index is 243. The Balaban J connectivity index is 2.85. The highest BCUT2D eigenvalue weighted by molar-refractivity contribution is 5.91. The molecule has 0 bridgehead atoms. The predicted molar refractivity (Wildman–Crippen MR) is 34.3 cm³/mol. The van der Waals surface area contributed by atoms with Crippen LogP contribution in [0.15, 0.2) is 10.7 Å². The first-order valence-corrected chi connectivity index (χ1v) is 2.67. The Morgan fingerprint density at radius 2 is 2.60 bits per heavy atom. The van der Waals surface area contributed by atoms with Crippen LogP contribution in [0.5, 0.6) is 0 Å². The second-order valence-electron chi connectivity index (χ2n) is 1.65. The van der Waals surface area contributed by atoms with Gasteiger partial charge in [0.15, 0.2) is 5.69 Å². The van der Waals surface area contributed by atoms with Gasteiger partial charge in [0.05, 0.1) is 0 Å². The molecule has 0 saturated carbocycles. The molecule has 5 nitrogen and oxygen atoms in total. The summed E-state index contributed by atoms with van der Waals surface area (Å²) in [5.74, 6) is -0.305. The van der Waals surface area contributed by atoms with Gasteiger partial charge in [-0.1, -0.05) is 0 Å². The maximum absolute atomic E-state index is 10.7. The molecule has 1 heterocycles. The number of nitrogens with two attached hydrogens (primary N) is 1. The van der Waals surface area contributed by atoms with Crippen LogP contribution in [0.2, 0.25) is 0 Å². The molecule has 0 aromatic carbocycles. The van der Waals surface area contributed by atoms with Crippen LogP contribution in [-0.4, -0.2) is 17.9 Å². The van der Waals surface area contributed by atoms with Gasteiger partial charge < -0.3 is 15.5 Å². The molecule has 0 aliphatic rings. The summed E-state index contributed by atoms with van der Waals surface area (Å²) in [5, 5.41) is 2.38. The van der Waals surface area contributed by atoms with Crippen molar-refractivity contribution in [1.82, 2.24) is 10.3 Å². The molecule has 3 N–H and O–H groups in total. The lowest BCUT2D eigenvalue weighted by Crippen LogP contribution is -2.17. The van der Waals surface area contributed by atoms with Crippen molar-refractivity contribution in [3.8, 4) is 0 Å². The average molecular weight is 141 g/mol. The Hall–Kier alpha value is -1.52. The number of anilines is 1. The normalized spacial score (nSPS) is 9.30. The third kappa shape index (κ3) is 1.07. The number of hydrogen-bond acceptors (Lipinski definition) is 4. The highest BCUT2D eigenvalue weighted by Crippen LogP contribution is 2.01. The van der Waals surface area contributed by atoms with E-state index in [2.05, 4.69) is 14.7 Å². The van der Waals surface area contributed by atoms with Crippen molar-refractivity contribution < 1.29 is 9.21 Å². The molecule has 0 saturated heterocycles. The van der Waals surface area contributed by atoms with Crippen molar-refractivity contribution in [3.05, 3.63) is 12.0 Å². The Labute approximate surface area is 57.2 Å². The summed E-state index contributed by atoms with van der Waals surface area (Å²) in [6, 6.07) is -0.00130. The number of oxazole rings is 1. The number of aromatic nitrogens is 1. The lowest BCUT2D eigenvalue weighted by atomic mass is 10.5. The van der Waals surface area contributed by atoms with E-state index in [9.17, 15) is 4.79 Å². The van der Waals surface area contributed by atoms with Gasteiger partial charge in [-0.3, -0.25) is 4.79 Å². The van der Waals surface area contributed by atoms with E-state index in [0.717, 1.165) is 0 Å². The largest absolute Gasteiger partial charge is 0.431 e. The highest BCUT2D eigenvalue weighted by atomic mass is 16.4. The van der Waals surface area contributed by atoms with Gasteiger partial charge in [-0.05, 0) is 0 Å². The summed E-state index contributed by atoms with van der Waals surface area (Å²) in [7, 11) is 1.51. The van der Waals surface area contributed by atoms with Crippen LogP contribution in [0, 0.1) is 0 Å². The number of hydrogen-bond donors (Lipinski definition) is 2. The fourth-order valence-corrected chi connectivity index (χ4v) is 0.520. The zero-order valence-corrected chi connectivity index (χ0v) is 5.42. The average Bonchev–Trinajstić information content (AvgIpc) is 2.34. The second-order valence-corrected chi connectivity index (χ2v) is 1.65. The van der Waals surface area contributed by atoms with Gasteiger partial charge in [-0.2, -0.15) is 4.98 Å². The third-order valence-electron chi connectivity index (χ3n) is 0.982. The summed E-state index contributed by atoms with van der Waals surface area (Å²) in [5.41, 5.74) is 5.31. The maximum atomic E-state index is 10.7. The molecule has 54 valence electrons. The van der Waals surface area contributed by atoms with Gasteiger partial charge in [-0.15, -0.1) is 0 Å². The van der Waals surface area contributed by atoms with E-state index in [1.165, 1.54) is 13.3 Å². The van der Waals surface area contributed by atoms with E-state index in [1.54, 1.807) is 0 Å². The molecule has 1 aromatic heterocycles. The summed E-state index contributed by atoms with van der Waals surface area (Å²) in [6.07, 6.45) is 1.20. The van der Waals surface area contributed by atoms with Crippen molar-refractivity contribution in [2.45, 2.75) is 0 Å². The second kappa shape index (κ2) is 2.38. The van der Waals surface area contributed by atoms with Crippen LogP contribution >= 0.6 is 0 Å². The number of rotatable bonds is 1. The number of carbonyl (C=O) groups excluding carboxylic acids is 1. The van der Waals surface area contributed by atoms with Crippen LogP contribution in [0.3, 0.4) is 0 Å². The lowest BCUT2D eigenvalue weighted by Gasteiger charge is -1.88. The van der Waals surface area contributed by atoms with Crippen LogP contribution in [0.1, 0.15) is 10.5 Å². The van der Waals surface area contributed by atoms with Crippen molar-refractivity contribution in [3.63, 3.8) is 0 Å². The molecule has 0 radical (unpaired) electrons. The summed E-state index contributed by atoms with van der Waals surface area (Å²) in [4.78, 5) is 14.3. The van der Waals surface area contributed by atoms with E-state index in [0.29, 0.717) is 0 Å². The molecule has 0 atom stereocenters. The van der Waals surface area contributed by atoms with Gasteiger partial charge in [0, 0.05) is 7.05 Å². The van der Waals surface area contributed by atoms with E-state index < -0.39 is 0 Å². The minimum Gasteiger partial charge on any atom is -0.431 e. The Kier molecular flexibility index (Phi) is 1.57. The monoisotopic (exact) mass is 141 g/mol. The Morgan fingerprint density at radius 3 is 3.00 bits per heavy atom. The standard InChI is InChI=1S/C5H7N3O2/c1-7-4(9)3-2-10-5(6)8-3/h2H,1H3,(H2,6,8)(H,7,9). The van der Waals surface area contributed by atoms with E-state index in [4.69, 9.17) is 5.73 Å². The zero-order valence-electron chi connectivity index (χ0n) is 5.42. The smallest absolute Gasteiger partial charge is 0.292 e. The van der Waals surface area contributed by atoms with Crippen LogP contribution in [0.25, 0.3) is 0 Å². The number of carbonyl (C=O) groups is 1. The van der Waals surface area contributed by atoms with Crippen molar-refractivity contribution in [2.24, 2.45) is 0 Å². The van der Waals surface area contributed by atoms with Gasteiger partial charge in [0.1, 0.15) is 6.26 Å². The van der Waals surface area contributed by atoms with Crippen molar-refractivity contribution in [2.75, 3.05) is 12.8 Å². The van der Waals surface area contributed by atoms with Gasteiger partial charge in [0.25, 0.3) is 11.9 Å². The number of nitrogens with one attached hydrogen (secondary N) is 1. The molecular weight excluding hydrogens is 134 g/mol. The van der Waals surface area contributed by atoms with E-state index in [-0.39, 0.29) is 17.6 Å². The van der Waals surface area contributed by atoms with Crippen LogP contribution < -0.4 is 11.1 Å². The SMILES string of the molecule is CNC(=O)c1coc(N)n1. The molecule has 0 aliphatic carbocycles. The number of nitrogens with zero attached hydrogens (tertiary/aromatic N) is 1. The summed E-state index contributed by atoms with van der Waals surface area (Å²) < 4.78 is 4.59. The molecule has 0 aliphatic heterocycles. The van der Waals surface area contributed by atoms with Gasteiger partial charge in [-0.25, -0.2) is 0 Å². The molecular formula is C5H7N3O2. The maximum Gasteiger partial charge on any atom is 0.292 e. The Morgan fingerprint density at radius 1 is 1.90 bits per heavy atom. The lowest BCUT2D eigenvalue weighted by molar-refractivity contribution is 0.0958. The fourth-order valence-electron chi connectivity index (χ4n) is 0.520. The highest BCUT2D eigenvalue weighted by Gasteiger charge is 2.06. The van der Waals surface area contributed by atoms with Crippen LogP contribution in [-0.2, 0) is 0 Å². The van der Waals surface area contributed by atoms with E-state index in [1.807, 2.05) is 0 Å². The first kappa shape index (κ1) is 6.60. The fraction of sp³-hybridized carbons (Fsp3) is 0.200. The molecule has 5 heteroatoms. The van der Waals surface area contributed by atoms with Crippen molar-refractivity contribution >= 4 is 11.9 Å². The van der Waals surface area contributed by atoms with Gasteiger partial charge >= 0.3 is 0 Å². The molecule has 0 spiro atoms. The zero-order chi connectivity index (χ0) is 7.56. The third-order valence-corrected chi connectivity index (χ3v) is 0.982. The number of amides is 1. The minimum absolute atomic E-state index is 0.00130. The molecule has 0 unspecified atom stereocenters. The van der Waals surface area contributed by atoms with E-state index >= 15 is 0 Å². The van der Waals surface area contributed by atoms with Crippen LogP contribution in [0.4, 0.5) is 6.01 Å². The molecule has 1 rings (SSSR count). The molecule has 0 fully saturated rings. The summed E-state index contributed by atoms with van der Waals surface area (Å²) >= 11 is 0.